The molecule has 0 unspecified atom stereocenters. The molecule has 1 aliphatic rings. The maximum atomic E-state index is 12.5. The van der Waals surface area contributed by atoms with Crippen LogP contribution in [-0.2, 0) is 18.4 Å². The zero-order valence-electron chi connectivity index (χ0n) is 15.9. The van der Waals surface area contributed by atoms with Gasteiger partial charge in [-0.2, -0.15) is 5.10 Å². The number of halogens is 1. The molecule has 0 spiro atoms. The van der Waals surface area contributed by atoms with E-state index in [1.165, 1.54) is 0 Å². The molecule has 1 fully saturated rings. The van der Waals surface area contributed by atoms with E-state index in [2.05, 4.69) is 20.4 Å². The summed E-state index contributed by atoms with van der Waals surface area (Å²) in [5.41, 5.74) is 1.79. The minimum absolute atomic E-state index is 0. The first-order valence-corrected chi connectivity index (χ1v) is 9.22. The van der Waals surface area contributed by atoms with E-state index in [1.54, 1.807) is 34.2 Å². The van der Waals surface area contributed by atoms with Gasteiger partial charge in [-0.05, 0) is 0 Å². The summed E-state index contributed by atoms with van der Waals surface area (Å²) in [7, 11) is 7.52. The average Bonchev–Trinajstić information content (AvgIpc) is 3.25. The number of nitrogens with one attached hydrogen (secondary N) is 1. The van der Waals surface area contributed by atoms with Crippen molar-refractivity contribution in [3.8, 4) is 0 Å². The zero-order chi connectivity index (χ0) is 18.7. The zero-order valence-corrected chi connectivity index (χ0v) is 19.1. The van der Waals surface area contributed by atoms with Gasteiger partial charge in [0.15, 0.2) is 11.1 Å². The Hall–Kier alpha value is -1.89. The van der Waals surface area contributed by atoms with Crippen LogP contribution in [0.4, 0.5) is 10.8 Å². The number of aliphatic imine (C=N–C) groups is 1. The number of aromatic nitrogens is 3. The fourth-order valence-electron chi connectivity index (χ4n) is 2.76. The van der Waals surface area contributed by atoms with Gasteiger partial charge in [-0.1, -0.05) is 0 Å². The van der Waals surface area contributed by atoms with Crippen LogP contribution in [0.2, 0.25) is 0 Å². The monoisotopic (exact) mass is 504 g/mol. The van der Waals surface area contributed by atoms with E-state index in [1.807, 2.05) is 42.5 Å². The Morgan fingerprint density at radius 3 is 2.74 bits per heavy atom. The van der Waals surface area contributed by atoms with Crippen molar-refractivity contribution in [1.29, 1.82) is 0 Å². The van der Waals surface area contributed by atoms with E-state index in [0.29, 0.717) is 25.6 Å². The highest BCUT2D eigenvalue weighted by molar-refractivity contribution is 14.0. The van der Waals surface area contributed by atoms with Crippen LogP contribution in [-0.4, -0.2) is 72.3 Å². The summed E-state index contributed by atoms with van der Waals surface area (Å²) in [5.74, 6) is 0.749. The molecule has 27 heavy (non-hydrogen) atoms. The lowest BCUT2D eigenvalue weighted by Crippen LogP contribution is -2.55. The highest BCUT2D eigenvalue weighted by atomic mass is 127. The van der Waals surface area contributed by atoms with Crippen LogP contribution >= 0.6 is 35.3 Å². The van der Waals surface area contributed by atoms with Crippen LogP contribution in [0.1, 0.15) is 5.69 Å². The Bertz CT molecular complexity index is 802. The third-order valence-electron chi connectivity index (χ3n) is 4.08. The summed E-state index contributed by atoms with van der Waals surface area (Å²) in [4.78, 5) is 27.1. The standard InChI is InChI=1S/C16H24N8OS.HI/c1-17-15(18-7-12-11-26-16(20-12)21(2)3)23-5-6-24(14(25)10-23)13-8-19-22(4)9-13;/h8-9,11H,5-7,10H2,1-4H3,(H,17,18);1H. The van der Waals surface area contributed by atoms with Gasteiger partial charge >= 0.3 is 0 Å². The Kier molecular flexibility index (Phi) is 7.41. The van der Waals surface area contributed by atoms with Gasteiger partial charge in [0.25, 0.3) is 0 Å². The lowest BCUT2D eigenvalue weighted by atomic mass is 10.3. The second-order valence-electron chi connectivity index (χ2n) is 6.26. The summed E-state index contributed by atoms with van der Waals surface area (Å²) in [6.45, 7) is 2.18. The van der Waals surface area contributed by atoms with Crippen LogP contribution in [0.25, 0.3) is 0 Å². The first kappa shape index (κ1) is 21.4. The molecule has 1 N–H and O–H groups in total. The van der Waals surface area contributed by atoms with E-state index in [0.717, 1.165) is 16.5 Å². The summed E-state index contributed by atoms with van der Waals surface area (Å²) in [5, 5.41) is 10.4. The van der Waals surface area contributed by atoms with Crippen molar-refractivity contribution in [2.45, 2.75) is 6.54 Å². The van der Waals surface area contributed by atoms with Crippen molar-refractivity contribution in [2.24, 2.45) is 12.0 Å². The number of rotatable bonds is 4. The number of amides is 1. The third kappa shape index (κ3) is 5.09. The van der Waals surface area contributed by atoms with Crippen LogP contribution in [0, 0.1) is 0 Å². The number of thiazole rings is 1. The maximum absolute atomic E-state index is 12.5. The normalized spacial score (nSPS) is 15.0. The number of anilines is 2. The van der Waals surface area contributed by atoms with Gasteiger partial charge in [0.1, 0.15) is 6.54 Å². The quantitative estimate of drug-likeness (QED) is 0.380. The van der Waals surface area contributed by atoms with Crippen LogP contribution in [0.15, 0.2) is 22.8 Å². The fourth-order valence-corrected chi connectivity index (χ4v) is 3.52. The highest BCUT2D eigenvalue weighted by Crippen LogP contribution is 2.18. The number of nitrogens with zero attached hydrogens (tertiary/aromatic N) is 7. The summed E-state index contributed by atoms with van der Waals surface area (Å²) >= 11 is 1.61. The Morgan fingerprint density at radius 1 is 1.41 bits per heavy atom. The van der Waals surface area contributed by atoms with Gasteiger partial charge < -0.3 is 20.0 Å². The van der Waals surface area contributed by atoms with Crippen LogP contribution < -0.4 is 15.1 Å². The molecule has 0 aromatic carbocycles. The van der Waals surface area contributed by atoms with Crippen LogP contribution in [0.3, 0.4) is 0 Å². The minimum atomic E-state index is 0. The van der Waals surface area contributed by atoms with E-state index in [9.17, 15) is 4.79 Å². The number of piperazine rings is 1. The Morgan fingerprint density at radius 2 is 2.19 bits per heavy atom. The van der Waals surface area contributed by atoms with Gasteiger partial charge in [-0.15, -0.1) is 35.3 Å². The van der Waals surface area contributed by atoms with Gasteiger partial charge in [-0.25, -0.2) is 4.98 Å². The first-order chi connectivity index (χ1) is 12.5. The maximum Gasteiger partial charge on any atom is 0.246 e. The van der Waals surface area contributed by atoms with Crippen molar-refractivity contribution >= 4 is 58.0 Å². The molecule has 0 radical (unpaired) electrons. The molecule has 1 amide bonds. The number of carbonyl (C=O) groups excluding carboxylic acids is 1. The number of hydrogen-bond donors (Lipinski definition) is 1. The van der Waals surface area contributed by atoms with Gasteiger partial charge in [0.05, 0.1) is 24.1 Å². The Labute approximate surface area is 180 Å². The predicted molar refractivity (Wildman–Crippen MR) is 119 cm³/mol. The molecule has 3 rings (SSSR count). The average molecular weight is 504 g/mol. The van der Waals surface area contributed by atoms with Crippen molar-refractivity contribution in [3.05, 3.63) is 23.5 Å². The topological polar surface area (TPSA) is 81.9 Å². The molecule has 11 heteroatoms. The molecule has 9 nitrogen and oxygen atoms in total. The van der Waals surface area contributed by atoms with E-state index in [-0.39, 0.29) is 36.4 Å². The smallest absolute Gasteiger partial charge is 0.246 e. The SMILES string of the molecule is CN=C(NCc1csc(N(C)C)n1)N1CCN(c2cnn(C)c2)C(=O)C1.I. The molecule has 1 aliphatic heterocycles. The molecule has 0 bridgehead atoms. The molecule has 2 aromatic heterocycles. The molecule has 0 aliphatic carbocycles. The number of guanidine groups is 1. The van der Waals surface area contributed by atoms with Gasteiger partial charge in [0, 0.05) is 52.9 Å². The van der Waals surface area contributed by atoms with Crippen molar-refractivity contribution in [1.82, 2.24) is 25.0 Å². The fraction of sp³-hybridized carbons (Fsp3) is 0.500. The number of carbonyl (C=O) groups is 1. The van der Waals surface area contributed by atoms with Crippen molar-refractivity contribution < 1.29 is 4.79 Å². The largest absolute Gasteiger partial charge is 0.354 e. The second kappa shape index (κ2) is 9.35. The molecule has 148 valence electrons. The third-order valence-corrected chi connectivity index (χ3v) is 5.14. The van der Waals surface area contributed by atoms with E-state index < -0.39 is 0 Å². The lowest BCUT2D eigenvalue weighted by Gasteiger charge is -2.35. The summed E-state index contributed by atoms with van der Waals surface area (Å²) < 4.78 is 1.70. The molecular weight excluding hydrogens is 479 g/mol. The predicted octanol–water partition coefficient (Wildman–Crippen LogP) is 0.985. The summed E-state index contributed by atoms with van der Waals surface area (Å²) in [6.07, 6.45) is 3.57. The molecular formula is C16H25IN8OS. The molecule has 1 saturated heterocycles. The summed E-state index contributed by atoms with van der Waals surface area (Å²) in [6, 6.07) is 0. The second-order valence-corrected chi connectivity index (χ2v) is 7.09. The molecule has 0 saturated carbocycles. The first-order valence-electron chi connectivity index (χ1n) is 8.34. The van der Waals surface area contributed by atoms with E-state index in [4.69, 9.17) is 0 Å². The minimum Gasteiger partial charge on any atom is -0.354 e. The molecule has 0 atom stereocenters. The lowest BCUT2D eigenvalue weighted by molar-refractivity contribution is -0.120. The van der Waals surface area contributed by atoms with Gasteiger partial charge in [-0.3, -0.25) is 14.5 Å². The molecule has 3 heterocycles. The van der Waals surface area contributed by atoms with Crippen LogP contribution in [0.5, 0.6) is 0 Å². The van der Waals surface area contributed by atoms with Gasteiger partial charge in [0.2, 0.25) is 5.91 Å². The Balaban J connectivity index is 0.00000261. The number of hydrogen-bond acceptors (Lipinski definition) is 6. The van der Waals surface area contributed by atoms with E-state index >= 15 is 0 Å². The highest BCUT2D eigenvalue weighted by Gasteiger charge is 2.27. The molecule has 2 aromatic rings. The van der Waals surface area contributed by atoms with Crippen molar-refractivity contribution in [2.75, 3.05) is 50.6 Å². The number of aryl methyl sites for hydroxylation is 1. The van der Waals surface area contributed by atoms with Crippen molar-refractivity contribution in [3.63, 3.8) is 0 Å².